The maximum atomic E-state index is 12.3. The van der Waals surface area contributed by atoms with Gasteiger partial charge in [0.25, 0.3) is 0 Å². The van der Waals surface area contributed by atoms with Crippen LogP contribution in [-0.4, -0.2) is 41.3 Å². The SMILES string of the molecule is CC1=C2CN(C(=O)OC(C)(C)C)[C@@H](C(C)C)[C@@H]2OC1=O. The van der Waals surface area contributed by atoms with Crippen molar-refractivity contribution in [2.24, 2.45) is 5.92 Å². The van der Waals surface area contributed by atoms with E-state index in [0.717, 1.165) is 5.57 Å². The minimum Gasteiger partial charge on any atom is -0.452 e. The average Bonchev–Trinajstić information content (AvgIpc) is 2.75. The topological polar surface area (TPSA) is 55.8 Å². The van der Waals surface area contributed by atoms with Crippen LogP contribution in [0.15, 0.2) is 11.1 Å². The Morgan fingerprint density at radius 1 is 1.40 bits per heavy atom. The molecule has 5 nitrogen and oxygen atoms in total. The fourth-order valence-corrected chi connectivity index (χ4v) is 2.77. The van der Waals surface area contributed by atoms with Crippen molar-refractivity contribution < 1.29 is 19.1 Å². The number of carbonyl (C=O) groups is 2. The minimum atomic E-state index is -0.531. The molecule has 0 saturated carbocycles. The van der Waals surface area contributed by atoms with E-state index in [4.69, 9.17) is 9.47 Å². The summed E-state index contributed by atoms with van der Waals surface area (Å²) in [5.74, 6) is -0.0804. The van der Waals surface area contributed by atoms with Gasteiger partial charge in [0.15, 0.2) is 0 Å². The molecule has 1 amide bonds. The molecule has 1 saturated heterocycles. The van der Waals surface area contributed by atoms with Gasteiger partial charge in [-0.1, -0.05) is 13.8 Å². The smallest absolute Gasteiger partial charge is 0.410 e. The first kappa shape index (κ1) is 14.9. The standard InChI is InChI=1S/C15H23NO4/c1-8(2)11-12-10(9(3)13(17)19-12)7-16(11)14(18)20-15(4,5)6/h8,11-12H,7H2,1-6H3/t11-,12+/m0/s1. The number of ether oxygens (including phenoxy) is 2. The first-order valence-electron chi connectivity index (χ1n) is 7.02. The van der Waals surface area contributed by atoms with Crippen LogP contribution in [0.25, 0.3) is 0 Å². The molecule has 0 spiro atoms. The Balaban J connectivity index is 2.26. The first-order valence-corrected chi connectivity index (χ1v) is 7.02. The highest BCUT2D eigenvalue weighted by Crippen LogP contribution is 2.37. The quantitative estimate of drug-likeness (QED) is 0.693. The lowest BCUT2D eigenvalue weighted by molar-refractivity contribution is -0.141. The molecule has 2 atom stereocenters. The average molecular weight is 281 g/mol. The highest BCUT2D eigenvalue weighted by atomic mass is 16.6. The lowest BCUT2D eigenvalue weighted by Gasteiger charge is -2.31. The number of carbonyl (C=O) groups excluding carboxylic acids is 2. The van der Waals surface area contributed by atoms with Crippen molar-refractivity contribution in [2.45, 2.75) is 59.3 Å². The number of amides is 1. The van der Waals surface area contributed by atoms with Crippen LogP contribution in [0.4, 0.5) is 4.79 Å². The molecule has 2 aliphatic rings. The summed E-state index contributed by atoms with van der Waals surface area (Å²) in [5, 5.41) is 0. The number of nitrogens with zero attached hydrogens (tertiary/aromatic N) is 1. The molecular formula is C15H23NO4. The van der Waals surface area contributed by atoms with Crippen molar-refractivity contribution in [1.82, 2.24) is 4.90 Å². The number of fused-ring (bicyclic) bond motifs is 1. The van der Waals surface area contributed by atoms with Crippen molar-refractivity contribution in [3.05, 3.63) is 11.1 Å². The van der Waals surface area contributed by atoms with Gasteiger partial charge in [0, 0.05) is 17.7 Å². The molecule has 20 heavy (non-hydrogen) atoms. The second-order valence-corrected chi connectivity index (χ2v) is 6.82. The van der Waals surface area contributed by atoms with Crippen LogP contribution >= 0.6 is 0 Å². The van der Waals surface area contributed by atoms with Gasteiger partial charge in [0.2, 0.25) is 0 Å². The number of hydrogen-bond acceptors (Lipinski definition) is 4. The van der Waals surface area contributed by atoms with Gasteiger partial charge < -0.3 is 9.47 Å². The summed E-state index contributed by atoms with van der Waals surface area (Å²) in [5.41, 5.74) is 1.02. The monoisotopic (exact) mass is 281 g/mol. The molecule has 0 bridgehead atoms. The summed E-state index contributed by atoms with van der Waals surface area (Å²) in [6.45, 7) is 11.7. The van der Waals surface area contributed by atoms with Crippen LogP contribution in [0, 0.1) is 5.92 Å². The lowest BCUT2D eigenvalue weighted by Crippen LogP contribution is -2.46. The molecule has 0 aromatic heterocycles. The highest BCUT2D eigenvalue weighted by Gasteiger charge is 2.50. The molecule has 0 aromatic rings. The zero-order chi connectivity index (χ0) is 15.2. The molecule has 0 unspecified atom stereocenters. The molecule has 0 radical (unpaired) electrons. The molecule has 0 N–H and O–H groups in total. The van der Waals surface area contributed by atoms with Gasteiger partial charge in [-0.15, -0.1) is 0 Å². The van der Waals surface area contributed by atoms with E-state index in [0.29, 0.717) is 12.1 Å². The Morgan fingerprint density at radius 2 is 2.00 bits per heavy atom. The summed E-state index contributed by atoms with van der Waals surface area (Å²) < 4.78 is 10.9. The number of esters is 1. The molecule has 0 aliphatic carbocycles. The third kappa shape index (κ3) is 2.53. The molecule has 112 valence electrons. The number of likely N-dealkylation sites (tertiary alicyclic amines) is 1. The normalized spacial score (nSPS) is 26.1. The van der Waals surface area contributed by atoms with Crippen LogP contribution in [0.5, 0.6) is 0 Å². The summed E-state index contributed by atoms with van der Waals surface area (Å²) in [6, 6.07) is -0.152. The van der Waals surface area contributed by atoms with Gasteiger partial charge in [-0.3, -0.25) is 4.90 Å². The van der Waals surface area contributed by atoms with Crippen LogP contribution in [0.3, 0.4) is 0 Å². The van der Waals surface area contributed by atoms with Gasteiger partial charge in [-0.25, -0.2) is 9.59 Å². The highest BCUT2D eigenvalue weighted by molar-refractivity contribution is 5.92. The molecule has 1 fully saturated rings. The van der Waals surface area contributed by atoms with E-state index in [1.165, 1.54) is 0 Å². The first-order chi connectivity index (χ1) is 9.11. The maximum absolute atomic E-state index is 12.3. The van der Waals surface area contributed by atoms with Crippen molar-refractivity contribution >= 4 is 12.1 Å². The number of rotatable bonds is 1. The zero-order valence-electron chi connectivity index (χ0n) is 13.0. The van der Waals surface area contributed by atoms with Crippen molar-refractivity contribution in [2.75, 3.05) is 6.54 Å². The van der Waals surface area contributed by atoms with Gasteiger partial charge >= 0.3 is 12.1 Å². The van der Waals surface area contributed by atoms with E-state index in [9.17, 15) is 9.59 Å². The Kier molecular flexibility index (Phi) is 3.56. The molecule has 2 heterocycles. The van der Waals surface area contributed by atoms with Crippen molar-refractivity contribution in [1.29, 1.82) is 0 Å². The second-order valence-electron chi connectivity index (χ2n) is 6.82. The van der Waals surface area contributed by atoms with E-state index < -0.39 is 5.60 Å². The minimum absolute atomic E-state index is 0.152. The van der Waals surface area contributed by atoms with Gasteiger partial charge in [0.05, 0.1) is 6.04 Å². The molecule has 2 rings (SSSR count). The number of hydrogen-bond donors (Lipinski definition) is 0. The predicted octanol–water partition coefficient (Wildman–Crippen LogP) is 2.50. The van der Waals surface area contributed by atoms with Crippen LogP contribution in [0.1, 0.15) is 41.5 Å². The fourth-order valence-electron chi connectivity index (χ4n) is 2.77. The van der Waals surface area contributed by atoms with Crippen molar-refractivity contribution in [3.63, 3.8) is 0 Å². The summed E-state index contributed by atoms with van der Waals surface area (Å²) in [6.07, 6.45) is -0.656. The summed E-state index contributed by atoms with van der Waals surface area (Å²) >= 11 is 0. The second kappa shape index (κ2) is 4.79. The van der Waals surface area contributed by atoms with E-state index in [1.807, 2.05) is 34.6 Å². The summed E-state index contributed by atoms with van der Waals surface area (Å²) in [4.78, 5) is 25.7. The van der Waals surface area contributed by atoms with E-state index in [2.05, 4.69) is 0 Å². The van der Waals surface area contributed by atoms with Gasteiger partial charge in [-0.05, 0) is 33.6 Å². The van der Waals surface area contributed by atoms with E-state index in [1.54, 1.807) is 11.8 Å². The fraction of sp³-hybridized carbons (Fsp3) is 0.733. The van der Waals surface area contributed by atoms with Crippen LogP contribution in [0.2, 0.25) is 0 Å². The Labute approximate surface area is 119 Å². The van der Waals surface area contributed by atoms with Gasteiger partial charge in [0.1, 0.15) is 11.7 Å². The van der Waals surface area contributed by atoms with E-state index >= 15 is 0 Å². The summed E-state index contributed by atoms with van der Waals surface area (Å²) in [7, 11) is 0. The van der Waals surface area contributed by atoms with E-state index in [-0.39, 0.29) is 30.1 Å². The molecule has 0 aromatic carbocycles. The Morgan fingerprint density at radius 3 is 2.50 bits per heavy atom. The third-order valence-electron chi connectivity index (χ3n) is 3.69. The lowest BCUT2D eigenvalue weighted by atomic mass is 9.97. The maximum Gasteiger partial charge on any atom is 0.410 e. The molecule has 5 heteroatoms. The van der Waals surface area contributed by atoms with Crippen molar-refractivity contribution in [3.8, 4) is 0 Å². The van der Waals surface area contributed by atoms with Crippen LogP contribution < -0.4 is 0 Å². The predicted molar refractivity (Wildman–Crippen MR) is 74.1 cm³/mol. The zero-order valence-corrected chi connectivity index (χ0v) is 13.0. The third-order valence-corrected chi connectivity index (χ3v) is 3.69. The Bertz CT molecular complexity index is 473. The largest absolute Gasteiger partial charge is 0.452 e. The molecular weight excluding hydrogens is 258 g/mol. The van der Waals surface area contributed by atoms with Crippen LogP contribution in [-0.2, 0) is 14.3 Å². The van der Waals surface area contributed by atoms with Gasteiger partial charge in [-0.2, -0.15) is 0 Å². The Hall–Kier alpha value is -1.52. The molecule has 2 aliphatic heterocycles.